The molecule has 0 aliphatic rings. The van der Waals surface area contributed by atoms with E-state index in [0.29, 0.717) is 0 Å². The van der Waals surface area contributed by atoms with Crippen molar-refractivity contribution in [3.8, 4) is 0 Å². The quantitative estimate of drug-likeness (QED) is 0.242. The Morgan fingerprint density at radius 2 is 0.400 bits per heavy atom. The van der Waals surface area contributed by atoms with Crippen LogP contribution < -0.4 is 75.4 Å². The van der Waals surface area contributed by atoms with Gasteiger partial charge in [-0.25, -0.2) is 0 Å². The third-order valence-electron chi connectivity index (χ3n) is 0. The normalized spacial score (nSPS) is 0. The van der Waals surface area contributed by atoms with Crippen LogP contribution in [0.5, 0.6) is 0 Å². The Hall–Kier alpha value is 2.61. The van der Waals surface area contributed by atoms with E-state index in [2.05, 4.69) is 0 Å². The Balaban J connectivity index is 0. The smallest absolute Gasteiger partial charge is 0.00523 e. The molecule has 0 aromatic rings. The van der Waals surface area contributed by atoms with Gasteiger partial charge in [0.15, 0.2) is 0 Å². The van der Waals surface area contributed by atoms with Crippen LogP contribution >= 0.6 is 0 Å². The van der Waals surface area contributed by atoms with Gasteiger partial charge in [0.1, 0.15) is 0 Å². The molecule has 0 aromatic heterocycles. The van der Waals surface area contributed by atoms with E-state index >= 15 is 0 Å². The molecule has 5 heavy (non-hydrogen) atoms. The summed E-state index contributed by atoms with van der Waals surface area (Å²) in [6.45, 7) is 0. The summed E-state index contributed by atoms with van der Waals surface area (Å²) in [7, 11) is 0. The molecule has 0 unspecified atom stereocenters. The number of hydrogen-bond acceptors (Lipinski definition) is 0. The van der Waals surface area contributed by atoms with E-state index in [1.54, 1.807) is 0 Å². The van der Waals surface area contributed by atoms with Crippen LogP contribution in [0.4, 0.5) is 0 Å². The summed E-state index contributed by atoms with van der Waals surface area (Å²) in [4.78, 5) is 0. The van der Waals surface area contributed by atoms with Crippen LogP contribution in [0, 0.1) is 0 Å². The van der Waals surface area contributed by atoms with Crippen molar-refractivity contribution in [3.05, 3.63) is 0 Å². The molecule has 0 saturated carbocycles. The van der Waals surface area contributed by atoms with Crippen molar-refractivity contribution in [3.63, 3.8) is 0 Å². The molecular formula is HLi4Si+4. The van der Waals surface area contributed by atoms with Gasteiger partial charge in [0.25, 0.3) is 0 Å². The van der Waals surface area contributed by atoms with Gasteiger partial charge in [0, 0.05) is 0 Å². The molecule has 5 heteroatoms. The molecule has 0 aromatic carbocycles. The van der Waals surface area contributed by atoms with E-state index in [9.17, 15) is 0 Å². The minimum Gasteiger partial charge on any atom is -0.00523 e. The van der Waals surface area contributed by atoms with Crippen molar-refractivity contribution in [1.29, 1.82) is 0 Å². The summed E-state index contributed by atoms with van der Waals surface area (Å²) < 4.78 is 0. The monoisotopic (exact) mass is 57.0 g/mol. The van der Waals surface area contributed by atoms with Crippen molar-refractivity contribution in [2.24, 2.45) is 0 Å². The summed E-state index contributed by atoms with van der Waals surface area (Å²) >= 11 is 0. The molecular weight excluding hydrogens is 55.8 g/mol. The van der Waals surface area contributed by atoms with Crippen molar-refractivity contribution in [2.75, 3.05) is 0 Å². The minimum atomic E-state index is 0. The van der Waals surface area contributed by atoms with Crippen LogP contribution in [0.2, 0.25) is 0 Å². The molecule has 0 bridgehead atoms. The fourth-order valence-electron chi connectivity index (χ4n) is 0. The van der Waals surface area contributed by atoms with Crippen molar-refractivity contribution in [2.45, 2.75) is 0 Å². The van der Waals surface area contributed by atoms with Gasteiger partial charge in [-0.3, -0.25) is 0 Å². The molecule has 0 aliphatic carbocycles. The van der Waals surface area contributed by atoms with E-state index in [0.717, 1.165) is 0 Å². The molecule has 0 fully saturated rings. The second kappa shape index (κ2) is 30.6. The standard InChI is InChI=1S/4Li.HSi/h;;;;1H/q4*+1;. The molecule has 0 aliphatic heterocycles. The summed E-state index contributed by atoms with van der Waals surface area (Å²) in [5.74, 6) is 0. The Bertz CT molecular complexity index is 3.61. The average Bonchev–Trinajstić information content (AvgIpc) is 0. The minimum absolute atomic E-state index is 0. The van der Waals surface area contributed by atoms with Gasteiger partial charge in [0.2, 0.25) is 0 Å². The molecule has 3 radical (unpaired) electrons. The molecule has 0 nitrogen and oxygen atoms in total. The SMILES string of the molecule is [Li+].[Li+].[Li+].[Li+].[SiH]. The van der Waals surface area contributed by atoms with E-state index in [1.165, 1.54) is 0 Å². The largest absolute Gasteiger partial charge is 1.00 e. The van der Waals surface area contributed by atoms with Gasteiger partial charge in [-0.2, -0.15) is 0 Å². The fourth-order valence-corrected chi connectivity index (χ4v) is 0. The first-order chi connectivity index (χ1) is 0. The first-order valence-electron chi connectivity index (χ1n) is 0. The molecule has 0 amide bonds. The second-order valence-electron chi connectivity index (χ2n) is 0. The molecule has 0 atom stereocenters. The summed E-state index contributed by atoms with van der Waals surface area (Å²) in [6, 6.07) is 0. The number of hydrogen-bond donors (Lipinski definition) is 0. The summed E-state index contributed by atoms with van der Waals surface area (Å²) in [6.07, 6.45) is 0. The third kappa shape index (κ3) is 20.6. The Kier molecular flexibility index (Phi) is 299. The Labute approximate surface area is 85.3 Å². The van der Waals surface area contributed by atoms with Crippen LogP contribution in [-0.2, 0) is 0 Å². The molecule has 0 rings (SSSR count). The van der Waals surface area contributed by atoms with Gasteiger partial charge < -0.3 is 0 Å². The Morgan fingerprint density at radius 1 is 0.400 bits per heavy atom. The second-order valence-corrected chi connectivity index (χ2v) is 0. The van der Waals surface area contributed by atoms with Crippen molar-refractivity contribution in [1.82, 2.24) is 0 Å². The van der Waals surface area contributed by atoms with E-state index < -0.39 is 0 Å². The van der Waals surface area contributed by atoms with E-state index in [-0.39, 0.29) is 86.4 Å². The zero-order chi connectivity index (χ0) is 0. The van der Waals surface area contributed by atoms with E-state index in [1.807, 2.05) is 0 Å². The Morgan fingerprint density at radius 3 is 0.400 bits per heavy atom. The zero-order valence-corrected chi connectivity index (χ0v) is 5.73. The van der Waals surface area contributed by atoms with Gasteiger partial charge in [-0.15, -0.1) is 0 Å². The zero-order valence-electron chi connectivity index (χ0n) is 4.58. The molecule has 0 spiro atoms. The van der Waals surface area contributed by atoms with E-state index in [4.69, 9.17) is 0 Å². The van der Waals surface area contributed by atoms with Gasteiger partial charge >= 0.3 is 75.4 Å². The average molecular weight is 56.9 g/mol. The van der Waals surface area contributed by atoms with Crippen LogP contribution in [0.15, 0.2) is 0 Å². The molecule has 5 valence electrons. The van der Waals surface area contributed by atoms with Crippen molar-refractivity contribution < 1.29 is 75.4 Å². The van der Waals surface area contributed by atoms with Gasteiger partial charge in [-0.1, -0.05) is 0 Å². The van der Waals surface area contributed by atoms with Gasteiger partial charge in [0.05, 0.1) is 0 Å². The maximum atomic E-state index is 0. The molecule has 0 saturated heterocycles. The fraction of sp³-hybridized carbons (Fsp3) is 0. The van der Waals surface area contributed by atoms with Crippen LogP contribution in [-0.4, -0.2) is 11.0 Å². The number of rotatable bonds is 0. The predicted molar refractivity (Wildman–Crippen MR) is 7.15 cm³/mol. The molecule has 0 heterocycles. The topological polar surface area (TPSA) is 0 Å². The van der Waals surface area contributed by atoms with Crippen LogP contribution in [0.1, 0.15) is 0 Å². The first kappa shape index (κ1) is 48.9. The van der Waals surface area contributed by atoms with Crippen LogP contribution in [0.25, 0.3) is 0 Å². The third-order valence-corrected chi connectivity index (χ3v) is 0. The first-order valence-corrected chi connectivity index (χ1v) is 0. The molecule has 0 N–H and O–H groups in total. The summed E-state index contributed by atoms with van der Waals surface area (Å²) in [5, 5.41) is 0. The maximum Gasteiger partial charge on any atom is 1.00 e. The van der Waals surface area contributed by atoms with Crippen molar-refractivity contribution >= 4 is 11.0 Å². The van der Waals surface area contributed by atoms with Crippen LogP contribution in [0.3, 0.4) is 0 Å². The van der Waals surface area contributed by atoms with Gasteiger partial charge in [-0.05, 0) is 11.0 Å². The predicted octanol–water partition coefficient (Wildman–Crippen LogP) is -12.6. The maximum absolute atomic E-state index is 0. The summed E-state index contributed by atoms with van der Waals surface area (Å²) in [5.41, 5.74) is 0.